The van der Waals surface area contributed by atoms with Gasteiger partial charge < -0.3 is 14.6 Å². The van der Waals surface area contributed by atoms with E-state index >= 15 is 0 Å². The maximum atomic E-state index is 11.2. The number of carboxylic acid groups (broad SMARTS) is 1. The van der Waals surface area contributed by atoms with E-state index in [9.17, 15) is 9.90 Å². The van der Waals surface area contributed by atoms with E-state index in [0.29, 0.717) is 5.65 Å². The second-order valence-electron chi connectivity index (χ2n) is 4.88. The first-order valence-electron chi connectivity index (χ1n) is 6.47. The number of carbonyl (C=O) groups is 1. The van der Waals surface area contributed by atoms with Gasteiger partial charge in [0.05, 0.1) is 5.39 Å². The molecule has 2 aromatic rings. The molecule has 1 N–H and O–H groups in total. The molecule has 0 aromatic carbocycles. The highest BCUT2D eigenvalue weighted by molar-refractivity contribution is 5.97. The normalized spacial score (nSPS) is 15.9. The van der Waals surface area contributed by atoms with Crippen LogP contribution in [0.4, 0.5) is 5.82 Å². The molecule has 6 nitrogen and oxygen atoms in total. The fraction of sp³-hybridized carbons (Fsp3) is 0.462. The molecule has 0 bridgehead atoms. The fourth-order valence-electron chi connectivity index (χ4n) is 2.68. The molecule has 1 saturated heterocycles. The van der Waals surface area contributed by atoms with Gasteiger partial charge in [-0.15, -0.1) is 0 Å². The van der Waals surface area contributed by atoms with Crippen LogP contribution in [0.3, 0.4) is 0 Å². The lowest BCUT2D eigenvalue weighted by Gasteiger charge is -2.27. The van der Waals surface area contributed by atoms with Gasteiger partial charge in [-0.3, -0.25) is 0 Å². The van der Waals surface area contributed by atoms with Crippen molar-refractivity contribution >= 4 is 22.8 Å². The van der Waals surface area contributed by atoms with Gasteiger partial charge in [0.2, 0.25) is 0 Å². The predicted octanol–water partition coefficient (Wildman–Crippen LogP) is 1.66. The summed E-state index contributed by atoms with van der Waals surface area (Å²) >= 11 is 0. The number of hydrogen-bond donors (Lipinski definition) is 1. The van der Waals surface area contributed by atoms with Crippen molar-refractivity contribution in [1.82, 2.24) is 14.5 Å². The van der Waals surface area contributed by atoms with Gasteiger partial charge in [0.25, 0.3) is 0 Å². The Morgan fingerprint density at radius 2 is 2.00 bits per heavy atom. The van der Waals surface area contributed by atoms with Gasteiger partial charge >= 0.3 is 5.97 Å². The van der Waals surface area contributed by atoms with E-state index in [1.165, 1.54) is 12.7 Å². The van der Waals surface area contributed by atoms with Crippen LogP contribution in [0.5, 0.6) is 0 Å². The van der Waals surface area contributed by atoms with Crippen LogP contribution >= 0.6 is 0 Å². The third-order valence-corrected chi connectivity index (χ3v) is 3.68. The largest absolute Gasteiger partial charge is 0.477 e. The molecule has 3 heterocycles. The molecule has 1 aliphatic rings. The standard InChI is InChI=1S/C13H16N4O2/c1-16-10(13(18)19)7-9-11(16)14-8-15-12(9)17-5-3-2-4-6-17/h7-8H,2-6H2,1H3,(H,18,19). The van der Waals surface area contributed by atoms with E-state index < -0.39 is 5.97 Å². The Kier molecular flexibility index (Phi) is 2.85. The molecule has 0 saturated carbocycles. The number of anilines is 1. The minimum absolute atomic E-state index is 0.244. The molecule has 1 fully saturated rings. The molecule has 0 spiro atoms. The van der Waals surface area contributed by atoms with Crippen LogP contribution in [0.1, 0.15) is 29.8 Å². The quantitative estimate of drug-likeness (QED) is 0.889. The lowest BCUT2D eigenvalue weighted by atomic mass is 10.1. The van der Waals surface area contributed by atoms with E-state index in [1.54, 1.807) is 17.7 Å². The molecule has 3 rings (SSSR count). The van der Waals surface area contributed by atoms with Crippen LogP contribution in [0.25, 0.3) is 11.0 Å². The summed E-state index contributed by atoms with van der Waals surface area (Å²) in [4.78, 5) is 22.0. The number of carboxylic acids is 1. The zero-order valence-corrected chi connectivity index (χ0v) is 10.8. The van der Waals surface area contributed by atoms with Crippen LogP contribution in [-0.4, -0.2) is 38.7 Å². The van der Waals surface area contributed by atoms with E-state index in [4.69, 9.17) is 0 Å². The first kappa shape index (κ1) is 12.0. The van der Waals surface area contributed by atoms with E-state index in [0.717, 1.165) is 37.1 Å². The first-order chi connectivity index (χ1) is 9.18. The molecule has 6 heteroatoms. The third kappa shape index (κ3) is 1.93. The summed E-state index contributed by atoms with van der Waals surface area (Å²) in [5.41, 5.74) is 0.918. The number of aromatic nitrogens is 3. The molecule has 100 valence electrons. The lowest BCUT2D eigenvalue weighted by Crippen LogP contribution is -2.30. The first-order valence-corrected chi connectivity index (χ1v) is 6.47. The van der Waals surface area contributed by atoms with Crippen molar-refractivity contribution in [1.29, 1.82) is 0 Å². The van der Waals surface area contributed by atoms with Crippen molar-refractivity contribution in [3.63, 3.8) is 0 Å². The van der Waals surface area contributed by atoms with Crippen LogP contribution in [0.15, 0.2) is 12.4 Å². The summed E-state index contributed by atoms with van der Waals surface area (Å²) in [5, 5.41) is 10.0. The summed E-state index contributed by atoms with van der Waals surface area (Å²) in [7, 11) is 1.72. The van der Waals surface area contributed by atoms with Crippen molar-refractivity contribution in [2.45, 2.75) is 19.3 Å². The van der Waals surface area contributed by atoms with Crippen molar-refractivity contribution in [2.24, 2.45) is 7.05 Å². The second-order valence-corrected chi connectivity index (χ2v) is 4.88. The minimum atomic E-state index is -0.940. The number of hydrogen-bond acceptors (Lipinski definition) is 4. The molecule has 19 heavy (non-hydrogen) atoms. The third-order valence-electron chi connectivity index (χ3n) is 3.68. The smallest absolute Gasteiger partial charge is 0.352 e. The Balaban J connectivity index is 2.14. The van der Waals surface area contributed by atoms with Crippen LogP contribution < -0.4 is 4.90 Å². The zero-order chi connectivity index (χ0) is 13.4. The number of piperidine rings is 1. The van der Waals surface area contributed by atoms with Gasteiger partial charge in [0, 0.05) is 20.1 Å². The van der Waals surface area contributed by atoms with E-state index in [-0.39, 0.29) is 5.69 Å². The van der Waals surface area contributed by atoms with Gasteiger partial charge in [-0.2, -0.15) is 0 Å². The zero-order valence-electron chi connectivity index (χ0n) is 10.8. The number of fused-ring (bicyclic) bond motifs is 1. The highest BCUT2D eigenvalue weighted by atomic mass is 16.4. The highest BCUT2D eigenvalue weighted by Crippen LogP contribution is 2.27. The van der Waals surface area contributed by atoms with Crippen molar-refractivity contribution in [3.05, 3.63) is 18.1 Å². The Labute approximate surface area is 110 Å². The molecule has 0 radical (unpaired) electrons. The summed E-state index contributed by atoms with van der Waals surface area (Å²) in [6, 6.07) is 1.67. The molecule has 0 atom stereocenters. The monoisotopic (exact) mass is 260 g/mol. The van der Waals surface area contributed by atoms with Crippen molar-refractivity contribution in [2.75, 3.05) is 18.0 Å². The van der Waals surface area contributed by atoms with Crippen molar-refractivity contribution < 1.29 is 9.90 Å². The number of aryl methyl sites for hydroxylation is 1. The van der Waals surface area contributed by atoms with Crippen LogP contribution in [0, 0.1) is 0 Å². The van der Waals surface area contributed by atoms with E-state index in [2.05, 4.69) is 14.9 Å². The summed E-state index contributed by atoms with van der Waals surface area (Å²) in [5.74, 6) is -0.0853. The van der Waals surface area contributed by atoms with Gasteiger partial charge in [-0.05, 0) is 25.3 Å². The van der Waals surface area contributed by atoms with E-state index in [1.807, 2.05) is 0 Å². The summed E-state index contributed by atoms with van der Waals surface area (Å²) in [6.45, 7) is 1.95. The number of rotatable bonds is 2. The molecular formula is C13H16N4O2. The Bertz CT molecular complexity index is 629. The topological polar surface area (TPSA) is 71.2 Å². The molecule has 0 unspecified atom stereocenters. The molecular weight excluding hydrogens is 244 g/mol. The van der Waals surface area contributed by atoms with Crippen LogP contribution in [0.2, 0.25) is 0 Å². The van der Waals surface area contributed by atoms with Gasteiger partial charge in [-0.25, -0.2) is 14.8 Å². The van der Waals surface area contributed by atoms with Gasteiger partial charge in [0.1, 0.15) is 23.5 Å². The number of nitrogens with zero attached hydrogens (tertiary/aromatic N) is 4. The predicted molar refractivity (Wildman–Crippen MR) is 71.5 cm³/mol. The molecule has 1 aliphatic heterocycles. The Hall–Kier alpha value is -2.11. The summed E-state index contributed by atoms with van der Waals surface area (Å²) in [6.07, 6.45) is 5.08. The SMILES string of the molecule is Cn1c(C(=O)O)cc2c(N3CCCCC3)ncnc21. The molecule has 0 amide bonds. The maximum absolute atomic E-state index is 11.2. The highest BCUT2D eigenvalue weighted by Gasteiger charge is 2.20. The lowest BCUT2D eigenvalue weighted by molar-refractivity contribution is 0.0687. The fourth-order valence-corrected chi connectivity index (χ4v) is 2.68. The summed E-state index contributed by atoms with van der Waals surface area (Å²) < 4.78 is 1.60. The van der Waals surface area contributed by atoms with Crippen LogP contribution in [-0.2, 0) is 7.05 Å². The Morgan fingerprint density at radius 3 is 2.68 bits per heavy atom. The average Bonchev–Trinajstić information content (AvgIpc) is 2.78. The number of aromatic carboxylic acids is 1. The average molecular weight is 260 g/mol. The molecule has 2 aromatic heterocycles. The maximum Gasteiger partial charge on any atom is 0.352 e. The Morgan fingerprint density at radius 1 is 1.26 bits per heavy atom. The molecule has 0 aliphatic carbocycles. The van der Waals surface area contributed by atoms with Crippen molar-refractivity contribution in [3.8, 4) is 0 Å². The van der Waals surface area contributed by atoms with Gasteiger partial charge in [0.15, 0.2) is 0 Å². The second kappa shape index (κ2) is 4.53. The minimum Gasteiger partial charge on any atom is -0.477 e. The van der Waals surface area contributed by atoms with Gasteiger partial charge in [-0.1, -0.05) is 0 Å².